The van der Waals surface area contributed by atoms with Gasteiger partial charge in [-0.3, -0.25) is 10.1 Å². The third-order valence-corrected chi connectivity index (χ3v) is 3.49. The lowest BCUT2D eigenvalue weighted by molar-refractivity contribution is -0.385. The Hall–Kier alpha value is -0.940. The van der Waals surface area contributed by atoms with Gasteiger partial charge in [0.25, 0.3) is 5.69 Å². The maximum atomic E-state index is 10.7. The number of nitro groups is 1. The highest BCUT2D eigenvalue weighted by molar-refractivity contribution is 9.10. The maximum Gasteiger partial charge on any atom is 0.283 e. The smallest absolute Gasteiger partial charge is 0.283 e. The van der Waals surface area contributed by atoms with Gasteiger partial charge in [0.05, 0.1) is 9.40 Å². The molecular formula is C10H11BrN2O2. The van der Waals surface area contributed by atoms with E-state index in [1.54, 1.807) is 12.1 Å². The Morgan fingerprint density at radius 1 is 1.60 bits per heavy atom. The minimum Gasteiger partial charge on any atom is -0.330 e. The molecule has 1 saturated carbocycles. The first-order valence-electron chi connectivity index (χ1n) is 4.77. The van der Waals surface area contributed by atoms with Gasteiger partial charge in [-0.2, -0.15) is 0 Å². The summed E-state index contributed by atoms with van der Waals surface area (Å²) in [4.78, 5) is 10.4. The molecule has 1 aliphatic rings. The van der Waals surface area contributed by atoms with Crippen LogP contribution in [0.2, 0.25) is 0 Å². The predicted molar refractivity (Wildman–Crippen MR) is 60.7 cm³/mol. The molecule has 1 aromatic carbocycles. The summed E-state index contributed by atoms with van der Waals surface area (Å²) >= 11 is 3.17. The molecule has 15 heavy (non-hydrogen) atoms. The molecule has 2 rings (SSSR count). The van der Waals surface area contributed by atoms with Crippen molar-refractivity contribution in [3.63, 3.8) is 0 Å². The molecule has 0 aliphatic heterocycles. The van der Waals surface area contributed by atoms with Crippen LogP contribution in [0.4, 0.5) is 5.69 Å². The normalized spacial score (nSPS) is 23.9. The van der Waals surface area contributed by atoms with Crippen LogP contribution in [0.15, 0.2) is 22.7 Å². The van der Waals surface area contributed by atoms with Crippen molar-refractivity contribution in [1.29, 1.82) is 0 Å². The van der Waals surface area contributed by atoms with Crippen LogP contribution in [0.1, 0.15) is 17.9 Å². The van der Waals surface area contributed by atoms with Gasteiger partial charge in [-0.15, -0.1) is 0 Å². The molecule has 0 amide bonds. The number of nitrogens with two attached hydrogens (primary N) is 1. The van der Waals surface area contributed by atoms with Crippen LogP contribution in [-0.4, -0.2) is 11.5 Å². The molecule has 1 aromatic rings. The number of halogens is 1. The number of nitrogens with zero attached hydrogens (tertiary/aromatic N) is 1. The monoisotopic (exact) mass is 270 g/mol. The lowest BCUT2D eigenvalue weighted by Gasteiger charge is -2.01. The number of hydrogen-bond acceptors (Lipinski definition) is 3. The van der Waals surface area contributed by atoms with Crippen LogP contribution >= 0.6 is 15.9 Å². The summed E-state index contributed by atoms with van der Waals surface area (Å²) < 4.78 is 0.529. The zero-order chi connectivity index (χ0) is 11.0. The lowest BCUT2D eigenvalue weighted by atomic mass is 10.1. The van der Waals surface area contributed by atoms with E-state index in [-0.39, 0.29) is 10.6 Å². The van der Waals surface area contributed by atoms with Crippen molar-refractivity contribution >= 4 is 21.6 Å². The van der Waals surface area contributed by atoms with E-state index in [1.807, 2.05) is 6.07 Å². The first-order valence-corrected chi connectivity index (χ1v) is 5.56. The van der Waals surface area contributed by atoms with E-state index < -0.39 is 0 Å². The maximum absolute atomic E-state index is 10.7. The quantitative estimate of drug-likeness (QED) is 0.678. The van der Waals surface area contributed by atoms with E-state index >= 15 is 0 Å². The first kappa shape index (κ1) is 10.6. The third-order valence-electron chi connectivity index (χ3n) is 2.82. The summed E-state index contributed by atoms with van der Waals surface area (Å²) in [5, 5.41) is 10.7. The number of hydrogen-bond donors (Lipinski definition) is 1. The van der Waals surface area contributed by atoms with E-state index in [0.717, 1.165) is 12.0 Å². The van der Waals surface area contributed by atoms with Gasteiger partial charge < -0.3 is 5.73 Å². The largest absolute Gasteiger partial charge is 0.330 e. The number of rotatable bonds is 3. The Balaban J connectivity index is 2.28. The molecule has 4 nitrogen and oxygen atoms in total. The van der Waals surface area contributed by atoms with Crippen LogP contribution in [0.25, 0.3) is 0 Å². The average molecular weight is 271 g/mol. The van der Waals surface area contributed by atoms with Crippen LogP contribution < -0.4 is 5.73 Å². The zero-order valence-corrected chi connectivity index (χ0v) is 9.61. The van der Waals surface area contributed by atoms with Crippen LogP contribution in [-0.2, 0) is 0 Å². The minimum absolute atomic E-state index is 0.134. The summed E-state index contributed by atoms with van der Waals surface area (Å²) in [6.45, 7) is 0.661. The average Bonchev–Trinajstić information content (AvgIpc) is 2.97. The lowest BCUT2D eigenvalue weighted by Crippen LogP contribution is -2.02. The van der Waals surface area contributed by atoms with E-state index in [2.05, 4.69) is 15.9 Å². The molecule has 0 aromatic heterocycles. The van der Waals surface area contributed by atoms with E-state index in [4.69, 9.17) is 5.73 Å². The molecule has 2 N–H and O–H groups in total. The minimum atomic E-state index is -0.368. The topological polar surface area (TPSA) is 69.2 Å². The number of benzene rings is 1. The Kier molecular flexibility index (Phi) is 2.75. The van der Waals surface area contributed by atoms with Gasteiger partial charge in [0, 0.05) is 6.07 Å². The van der Waals surface area contributed by atoms with Crippen molar-refractivity contribution in [2.75, 3.05) is 6.54 Å². The van der Waals surface area contributed by atoms with Gasteiger partial charge in [-0.05, 0) is 52.4 Å². The Morgan fingerprint density at radius 3 is 2.87 bits per heavy atom. The molecule has 0 saturated heterocycles. The Bertz CT molecular complexity index is 408. The highest BCUT2D eigenvalue weighted by Gasteiger charge is 2.37. The Morgan fingerprint density at radius 2 is 2.33 bits per heavy atom. The first-order chi connectivity index (χ1) is 7.13. The summed E-state index contributed by atoms with van der Waals surface area (Å²) in [6.07, 6.45) is 1.05. The van der Waals surface area contributed by atoms with Crippen molar-refractivity contribution in [1.82, 2.24) is 0 Å². The summed E-state index contributed by atoms with van der Waals surface area (Å²) in [5.41, 5.74) is 6.71. The molecule has 0 heterocycles. The highest BCUT2D eigenvalue weighted by atomic mass is 79.9. The molecular weight excluding hydrogens is 260 g/mol. The predicted octanol–water partition coefficient (Wildman–Crippen LogP) is 2.42. The van der Waals surface area contributed by atoms with Gasteiger partial charge in [-0.1, -0.05) is 6.07 Å². The molecule has 0 spiro atoms. The third kappa shape index (κ3) is 2.03. The van der Waals surface area contributed by atoms with Gasteiger partial charge in [0.1, 0.15) is 0 Å². The van der Waals surface area contributed by atoms with Crippen molar-refractivity contribution in [3.05, 3.63) is 38.3 Å². The van der Waals surface area contributed by atoms with E-state index in [9.17, 15) is 10.1 Å². The van der Waals surface area contributed by atoms with Crippen LogP contribution in [0, 0.1) is 16.0 Å². The fourth-order valence-electron chi connectivity index (χ4n) is 1.82. The molecule has 5 heteroatoms. The summed E-state index contributed by atoms with van der Waals surface area (Å²) in [7, 11) is 0. The molecule has 1 fully saturated rings. The fraction of sp³-hybridized carbons (Fsp3) is 0.400. The van der Waals surface area contributed by atoms with E-state index in [1.165, 1.54) is 0 Å². The SMILES string of the molecule is NCC1CC1c1ccc(Br)c([N+](=O)[O-])c1. The van der Waals surface area contributed by atoms with Gasteiger partial charge in [0.15, 0.2) is 0 Å². The second-order valence-corrected chi connectivity index (χ2v) is 4.66. The summed E-state index contributed by atoms with van der Waals surface area (Å²) in [5.74, 6) is 0.924. The van der Waals surface area contributed by atoms with Crippen LogP contribution in [0.5, 0.6) is 0 Å². The van der Waals surface area contributed by atoms with Crippen molar-refractivity contribution in [2.45, 2.75) is 12.3 Å². The van der Waals surface area contributed by atoms with Gasteiger partial charge in [0.2, 0.25) is 0 Å². The second kappa shape index (κ2) is 3.90. The molecule has 0 bridgehead atoms. The summed E-state index contributed by atoms with van der Waals surface area (Å²) in [6, 6.07) is 5.31. The van der Waals surface area contributed by atoms with Gasteiger partial charge in [-0.25, -0.2) is 0 Å². The molecule has 2 atom stereocenters. The number of nitro benzene ring substituents is 1. The van der Waals surface area contributed by atoms with E-state index in [0.29, 0.717) is 22.9 Å². The standard InChI is InChI=1S/C10H11BrN2O2/c11-9-2-1-6(4-10(9)13(14)15)8-3-7(8)5-12/h1-2,4,7-8H,3,5,12H2. The van der Waals surface area contributed by atoms with Crippen molar-refractivity contribution in [2.24, 2.45) is 11.7 Å². The molecule has 0 radical (unpaired) electrons. The zero-order valence-electron chi connectivity index (χ0n) is 8.02. The fourth-order valence-corrected chi connectivity index (χ4v) is 2.21. The highest BCUT2D eigenvalue weighted by Crippen LogP contribution is 2.47. The second-order valence-electron chi connectivity index (χ2n) is 3.81. The van der Waals surface area contributed by atoms with Crippen molar-refractivity contribution < 1.29 is 4.92 Å². The Labute approximate surface area is 95.7 Å². The molecule has 2 unspecified atom stereocenters. The molecule has 1 aliphatic carbocycles. The van der Waals surface area contributed by atoms with Gasteiger partial charge >= 0.3 is 0 Å². The molecule has 80 valence electrons. The van der Waals surface area contributed by atoms with Crippen LogP contribution in [0.3, 0.4) is 0 Å². The van der Waals surface area contributed by atoms with Crippen molar-refractivity contribution in [3.8, 4) is 0 Å².